The molecule has 0 aromatic heterocycles. The SMILES string of the molecule is CCOC(=O)O.CCl. The summed E-state index contributed by atoms with van der Waals surface area (Å²) in [6.45, 7) is 1.85. The van der Waals surface area contributed by atoms with Gasteiger partial charge in [0, 0.05) is 6.38 Å². The summed E-state index contributed by atoms with van der Waals surface area (Å²) in [6, 6.07) is 0. The largest absolute Gasteiger partial charge is 0.505 e. The van der Waals surface area contributed by atoms with Crippen LogP contribution in [0.5, 0.6) is 0 Å². The Morgan fingerprint density at radius 2 is 2.12 bits per heavy atom. The smallest absolute Gasteiger partial charge is 0.450 e. The van der Waals surface area contributed by atoms with Gasteiger partial charge >= 0.3 is 6.16 Å². The number of carboxylic acid groups (broad SMARTS) is 1. The van der Waals surface area contributed by atoms with E-state index in [4.69, 9.17) is 5.11 Å². The number of hydrogen-bond donors (Lipinski definition) is 1. The van der Waals surface area contributed by atoms with Crippen LogP contribution in [0.25, 0.3) is 0 Å². The van der Waals surface area contributed by atoms with E-state index in [-0.39, 0.29) is 6.61 Å². The van der Waals surface area contributed by atoms with Gasteiger partial charge in [-0.25, -0.2) is 4.79 Å². The van der Waals surface area contributed by atoms with Gasteiger partial charge in [0.1, 0.15) is 0 Å². The summed E-state index contributed by atoms with van der Waals surface area (Å²) in [5.74, 6) is 0. The first-order valence-corrected chi connectivity index (χ1v) is 2.76. The normalized spacial score (nSPS) is 6.38. The molecule has 0 aliphatic carbocycles. The lowest BCUT2D eigenvalue weighted by Crippen LogP contribution is -1.97. The molecule has 0 atom stereocenters. The highest BCUT2D eigenvalue weighted by Gasteiger charge is 1.86. The molecule has 3 nitrogen and oxygen atoms in total. The van der Waals surface area contributed by atoms with Gasteiger partial charge in [0.2, 0.25) is 0 Å². The van der Waals surface area contributed by atoms with Gasteiger partial charge in [0.15, 0.2) is 0 Å². The second-order valence-electron chi connectivity index (χ2n) is 0.699. The lowest BCUT2D eigenvalue weighted by Gasteiger charge is -1.87. The van der Waals surface area contributed by atoms with Gasteiger partial charge < -0.3 is 9.84 Å². The van der Waals surface area contributed by atoms with Crippen LogP contribution in [0.4, 0.5) is 4.79 Å². The third-order valence-corrected chi connectivity index (χ3v) is 0.268. The molecule has 0 aliphatic rings. The predicted octanol–water partition coefficient (Wildman–Crippen LogP) is 1.56. The molecule has 0 spiro atoms. The van der Waals surface area contributed by atoms with E-state index in [0.717, 1.165) is 0 Å². The summed E-state index contributed by atoms with van der Waals surface area (Å²) in [4.78, 5) is 9.38. The monoisotopic (exact) mass is 140 g/mol. The molecule has 0 aromatic carbocycles. The minimum atomic E-state index is -1.21. The van der Waals surface area contributed by atoms with Gasteiger partial charge in [0.25, 0.3) is 0 Å². The Kier molecular flexibility index (Phi) is 12.8. The van der Waals surface area contributed by atoms with Crippen molar-refractivity contribution >= 4 is 17.8 Å². The minimum absolute atomic E-state index is 0.231. The zero-order chi connectivity index (χ0) is 6.99. The van der Waals surface area contributed by atoms with Crippen molar-refractivity contribution in [2.24, 2.45) is 0 Å². The molecule has 0 fully saturated rings. The average Bonchev–Trinajstić information content (AvgIpc) is 1.72. The Labute approximate surface area is 53.2 Å². The summed E-state index contributed by atoms with van der Waals surface area (Å²) in [5, 5.41) is 7.69. The lowest BCUT2D eigenvalue weighted by atomic mass is 10.9. The molecule has 0 aromatic rings. The van der Waals surface area contributed by atoms with E-state index in [1.54, 1.807) is 6.92 Å². The van der Waals surface area contributed by atoms with Crippen molar-refractivity contribution in [3.63, 3.8) is 0 Å². The van der Waals surface area contributed by atoms with Crippen LogP contribution in [0.1, 0.15) is 6.92 Å². The van der Waals surface area contributed by atoms with Gasteiger partial charge in [-0.1, -0.05) is 0 Å². The summed E-state index contributed by atoms with van der Waals surface area (Å²) >= 11 is 4.64. The third-order valence-electron chi connectivity index (χ3n) is 0.268. The number of halogens is 1. The molecule has 0 aliphatic heterocycles. The van der Waals surface area contributed by atoms with Crippen molar-refractivity contribution in [2.45, 2.75) is 6.92 Å². The van der Waals surface area contributed by atoms with E-state index in [1.807, 2.05) is 0 Å². The van der Waals surface area contributed by atoms with E-state index in [9.17, 15) is 4.79 Å². The van der Waals surface area contributed by atoms with Crippen molar-refractivity contribution in [1.29, 1.82) is 0 Å². The van der Waals surface area contributed by atoms with Crippen LogP contribution in [-0.2, 0) is 4.74 Å². The fourth-order valence-corrected chi connectivity index (χ4v) is 0.123. The van der Waals surface area contributed by atoms with Gasteiger partial charge in [-0.2, -0.15) is 0 Å². The first kappa shape index (κ1) is 10.5. The number of ether oxygens (including phenoxy) is 1. The van der Waals surface area contributed by atoms with Crippen molar-refractivity contribution in [3.8, 4) is 0 Å². The quantitative estimate of drug-likeness (QED) is 0.444. The van der Waals surface area contributed by atoms with Crippen LogP contribution in [0.3, 0.4) is 0 Å². The Bertz CT molecular complexity index is 55.2. The molecular weight excluding hydrogens is 131 g/mol. The van der Waals surface area contributed by atoms with E-state index >= 15 is 0 Å². The molecule has 0 saturated carbocycles. The molecule has 0 bridgehead atoms. The maximum atomic E-state index is 9.38. The molecular formula is C4H9ClO3. The maximum absolute atomic E-state index is 9.38. The molecule has 4 heteroatoms. The first-order chi connectivity index (χ1) is 3.77. The number of rotatable bonds is 1. The Hall–Kier alpha value is -0.440. The molecule has 0 radical (unpaired) electrons. The zero-order valence-electron chi connectivity index (χ0n) is 4.85. The molecule has 0 amide bonds. The van der Waals surface area contributed by atoms with Gasteiger partial charge in [0.05, 0.1) is 6.61 Å². The predicted molar refractivity (Wildman–Crippen MR) is 31.4 cm³/mol. The third kappa shape index (κ3) is 17.6. The van der Waals surface area contributed by atoms with Gasteiger partial charge in [-0.15, -0.1) is 11.6 Å². The van der Waals surface area contributed by atoms with E-state index in [2.05, 4.69) is 16.3 Å². The van der Waals surface area contributed by atoms with Crippen LogP contribution < -0.4 is 0 Å². The van der Waals surface area contributed by atoms with Gasteiger partial charge in [-0.05, 0) is 6.92 Å². The average molecular weight is 141 g/mol. The zero-order valence-corrected chi connectivity index (χ0v) is 5.60. The topological polar surface area (TPSA) is 46.5 Å². The number of hydrogen-bond acceptors (Lipinski definition) is 2. The molecule has 8 heavy (non-hydrogen) atoms. The fraction of sp³-hybridized carbons (Fsp3) is 0.750. The molecule has 0 rings (SSSR count). The number of carbonyl (C=O) groups is 1. The molecule has 0 unspecified atom stereocenters. The van der Waals surface area contributed by atoms with Crippen molar-refractivity contribution in [1.82, 2.24) is 0 Å². The first-order valence-electron chi connectivity index (χ1n) is 2.01. The summed E-state index contributed by atoms with van der Waals surface area (Å²) < 4.78 is 3.96. The summed E-state index contributed by atoms with van der Waals surface area (Å²) in [7, 11) is 0. The van der Waals surface area contributed by atoms with Crippen LogP contribution in [0, 0.1) is 0 Å². The second-order valence-corrected chi connectivity index (χ2v) is 0.699. The molecule has 0 heterocycles. The molecule has 50 valence electrons. The highest BCUT2D eigenvalue weighted by atomic mass is 35.5. The lowest BCUT2D eigenvalue weighted by molar-refractivity contribution is 0.0966. The van der Waals surface area contributed by atoms with Crippen LogP contribution >= 0.6 is 11.6 Å². The van der Waals surface area contributed by atoms with Gasteiger partial charge in [-0.3, -0.25) is 0 Å². The summed E-state index contributed by atoms with van der Waals surface area (Å²) in [5.41, 5.74) is 0. The van der Waals surface area contributed by atoms with Crippen molar-refractivity contribution in [2.75, 3.05) is 13.0 Å². The number of alkyl halides is 1. The molecule has 0 saturated heterocycles. The van der Waals surface area contributed by atoms with Crippen LogP contribution in [0.2, 0.25) is 0 Å². The Balaban J connectivity index is 0. The van der Waals surface area contributed by atoms with Crippen LogP contribution in [0.15, 0.2) is 0 Å². The van der Waals surface area contributed by atoms with E-state index in [1.165, 1.54) is 6.38 Å². The standard InChI is InChI=1S/C3H6O3.CH3Cl/c1-2-6-3(4)5;1-2/h2H2,1H3,(H,4,5);1H3. The second kappa shape index (κ2) is 9.75. The highest BCUT2D eigenvalue weighted by molar-refractivity contribution is 6.15. The highest BCUT2D eigenvalue weighted by Crippen LogP contribution is 1.69. The summed E-state index contributed by atoms with van der Waals surface area (Å²) in [6.07, 6.45) is 0.262. The minimum Gasteiger partial charge on any atom is -0.450 e. The van der Waals surface area contributed by atoms with Crippen LogP contribution in [-0.4, -0.2) is 24.3 Å². The van der Waals surface area contributed by atoms with E-state index < -0.39 is 6.16 Å². The maximum Gasteiger partial charge on any atom is 0.505 e. The van der Waals surface area contributed by atoms with Crippen molar-refractivity contribution < 1.29 is 14.6 Å². The Morgan fingerprint density at radius 3 is 2.12 bits per heavy atom. The Morgan fingerprint density at radius 1 is 1.75 bits per heavy atom. The van der Waals surface area contributed by atoms with Crippen molar-refractivity contribution in [3.05, 3.63) is 0 Å². The van der Waals surface area contributed by atoms with E-state index in [0.29, 0.717) is 0 Å². The molecule has 1 N–H and O–H groups in total. The fourth-order valence-electron chi connectivity index (χ4n) is 0.123.